The zero-order chi connectivity index (χ0) is 12.7. The van der Waals surface area contributed by atoms with E-state index in [1.165, 1.54) is 0 Å². The van der Waals surface area contributed by atoms with Gasteiger partial charge in [-0.25, -0.2) is 4.79 Å². The van der Waals surface area contributed by atoms with Gasteiger partial charge in [0.1, 0.15) is 0 Å². The van der Waals surface area contributed by atoms with Crippen molar-refractivity contribution in [3.05, 3.63) is 35.4 Å². The molecule has 1 rings (SSSR count). The van der Waals surface area contributed by atoms with E-state index in [1.807, 2.05) is 18.2 Å². The number of nitrogens with two attached hydrogens (primary N) is 1. The Hall–Kier alpha value is -1.42. The number of thiol groups is 1. The predicted octanol–water partition coefficient (Wildman–Crippen LogP) is 2.78. The Bertz CT molecular complexity index is 416. The number of carbonyl (C=O) groups is 1. The molecule has 92 valence electrons. The highest BCUT2D eigenvalue weighted by Crippen LogP contribution is 2.16. The van der Waals surface area contributed by atoms with E-state index < -0.39 is 0 Å². The van der Waals surface area contributed by atoms with Crippen LogP contribution in [0.2, 0.25) is 0 Å². The third-order valence-electron chi connectivity index (χ3n) is 2.18. The number of hydrogen-bond donors (Lipinski definition) is 2. The normalized spacial score (nSPS) is 10.7. The minimum Gasteiger partial charge on any atom is -0.462 e. The van der Waals surface area contributed by atoms with Crippen LogP contribution in [0.5, 0.6) is 0 Å². The van der Waals surface area contributed by atoms with Gasteiger partial charge in [-0.05, 0) is 36.8 Å². The molecule has 0 unspecified atom stereocenters. The summed E-state index contributed by atoms with van der Waals surface area (Å²) in [6, 6.07) is 5.32. The quantitative estimate of drug-likeness (QED) is 0.480. The van der Waals surface area contributed by atoms with Crippen molar-refractivity contribution in [2.24, 2.45) is 0 Å². The van der Waals surface area contributed by atoms with Crippen LogP contribution in [-0.4, -0.2) is 18.3 Å². The number of rotatable bonds is 5. The topological polar surface area (TPSA) is 52.3 Å². The molecule has 0 radical (unpaired) electrons. The van der Waals surface area contributed by atoms with Gasteiger partial charge < -0.3 is 10.5 Å². The fraction of sp³-hybridized carbons (Fsp3) is 0.308. The second kappa shape index (κ2) is 7.01. The van der Waals surface area contributed by atoms with E-state index in [4.69, 9.17) is 10.5 Å². The molecule has 0 aliphatic carbocycles. The van der Waals surface area contributed by atoms with Crippen LogP contribution in [0.15, 0.2) is 24.3 Å². The Morgan fingerprint density at radius 2 is 2.29 bits per heavy atom. The van der Waals surface area contributed by atoms with Gasteiger partial charge in [-0.3, -0.25) is 0 Å². The number of allylic oxidation sites excluding steroid dienone is 1. The second-order valence-corrected chi connectivity index (χ2v) is 3.93. The van der Waals surface area contributed by atoms with Crippen LogP contribution in [0.4, 0.5) is 5.69 Å². The summed E-state index contributed by atoms with van der Waals surface area (Å²) < 4.78 is 4.93. The van der Waals surface area contributed by atoms with Gasteiger partial charge in [0.25, 0.3) is 0 Å². The molecule has 0 saturated heterocycles. The molecule has 1 aromatic rings. The molecule has 4 heteroatoms. The van der Waals surface area contributed by atoms with Gasteiger partial charge in [0.2, 0.25) is 0 Å². The summed E-state index contributed by atoms with van der Waals surface area (Å²) in [5, 5.41) is 0. The molecule has 0 aromatic heterocycles. The fourth-order valence-electron chi connectivity index (χ4n) is 1.36. The molecular formula is C13H17NO2S. The van der Waals surface area contributed by atoms with Crippen molar-refractivity contribution < 1.29 is 9.53 Å². The number of nitrogen functional groups attached to an aromatic ring is 1. The van der Waals surface area contributed by atoms with Gasteiger partial charge in [-0.1, -0.05) is 18.2 Å². The van der Waals surface area contributed by atoms with Gasteiger partial charge in [-0.15, -0.1) is 0 Å². The van der Waals surface area contributed by atoms with Crippen molar-refractivity contribution in [3.8, 4) is 0 Å². The van der Waals surface area contributed by atoms with Crippen LogP contribution in [0.3, 0.4) is 0 Å². The molecule has 0 atom stereocenters. The van der Waals surface area contributed by atoms with Crippen molar-refractivity contribution in [2.75, 3.05) is 18.1 Å². The van der Waals surface area contributed by atoms with Crippen molar-refractivity contribution in [2.45, 2.75) is 13.3 Å². The Morgan fingerprint density at radius 3 is 2.94 bits per heavy atom. The summed E-state index contributed by atoms with van der Waals surface area (Å²) >= 11 is 4.12. The highest BCUT2D eigenvalue weighted by atomic mass is 32.1. The lowest BCUT2D eigenvalue weighted by atomic mass is 10.1. The molecule has 0 spiro atoms. The molecule has 1 aromatic carbocycles. The molecule has 2 N–H and O–H groups in total. The Balaban J connectivity index is 2.90. The molecule has 17 heavy (non-hydrogen) atoms. The lowest BCUT2D eigenvalue weighted by Gasteiger charge is -2.06. The number of carbonyl (C=O) groups excluding carboxylic acids is 1. The first-order chi connectivity index (χ1) is 8.19. The van der Waals surface area contributed by atoms with Crippen molar-refractivity contribution in [1.29, 1.82) is 0 Å². The maximum Gasteiger partial charge on any atom is 0.340 e. The third kappa shape index (κ3) is 4.15. The average Bonchev–Trinajstić information content (AvgIpc) is 2.32. The number of hydrogen-bond acceptors (Lipinski definition) is 4. The summed E-state index contributed by atoms with van der Waals surface area (Å²) in [6.45, 7) is 2.11. The lowest BCUT2D eigenvalue weighted by molar-refractivity contribution is 0.0527. The van der Waals surface area contributed by atoms with Crippen molar-refractivity contribution >= 4 is 30.4 Å². The van der Waals surface area contributed by atoms with Gasteiger partial charge >= 0.3 is 5.97 Å². The number of benzene rings is 1. The van der Waals surface area contributed by atoms with Crippen molar-refractivity contribution in [1.82, 2.24) is 0 Å². The molecule has 0 amide bonds. The van der Waals surface area contributed by atoms with Crippen LogP contribution in [0.25, 0.3) is 6.08 Å². The molecule has 3 nitrogen and oxygen atoms in total. The minimum absolute atomic E-state index is 0.345. The molecule has 0 fully saturated rings. The van der Waals surface area contributed by atoms with Crippen LogP contribution in [0.1, 0.15) is 29.3 Å². The Labute approximate surface area is 107 Å². The Morgan fingerprint density at radius 1 is 1.53 bits per heavy atom. The van der Waals surface area contributed by atoms with E-state index in [2.05, 4.69) is 12.6 Å². The number of ether oxygens (including phenoxy) is 1. The maximum atomic E-state index is 11.6. The van der Waals surface area contributed by atoms with E-state index in [0.29, 0.717) is 17.9 Å². The molecule has 0 bridgehead atoms. The van der Waals surface area contributed by atoms with Crippen LogP contribution < -0.4 is 5.73 Å². The van der Waals surface area contributed by atoms with E-state index >= 15 is 0 Å². The first-order valence-electron chi connectivity index (χ1n) is 5.53. The fourth-order valence-corrected chi connectivity index (χ4v) is 1.51. The largest absolute Gasteiger partial charge is 0.462 e. The van der Waals surface area contributed by atoms with E-state index in [9.17, 15) is 4.79 Å². The van der Waals surface area contributed by atoms with Gasteiger partial charge in [0.15, 0.2) is 0 Å². The summed E-state index contributed by atoms with van der Waals surface area (Å²) in [4.78, 5) is 11.6. The lowest BCUT2D eigenvalue weighted by Crippen LogP contribution is -2.08. The number of anilines is 1. The number of esters is 1. The zero-order valence-electron chi connectivity index (χ0n) is 9.85. The SMILES string of the molecule is CCOC(=O)c1cc(C=CCCS)ccc1N. The summed E-state index contributed by atoms with van der Waals surface area (Å²) in [5.74, 6) is 0.422. The molecule has 0 saturated carbocycles. The van der Waals surface area contributed by atoms with E-state index in [0.717, 1.165) is 17.7 Å². The first-order valence-corrected chi connectivity index (χ1v) is 6.16. The summed E-state index contributed by atoms with van der Waals surface area (Å²) in [6.07, 6.45) is 4.84. The first kappa shape index (κ1) is 13.6. The summed E-state index contributed by atoms with van der Waals surface area (Å²) in [7, 11) is 0. The van der Waals surface area contributed by atoms with Gasteiger partial charge in [0.05, 0.1) is 12.2 Å². The van der Waals surface area contributed by atoms with E-state index in [-0.39, 0.29) is 5.97 Å². The van der Waals surface area contributed by atoms with Crippen LogP contribution >= 0.6 is 12.6 Å². The predicted molar refractivity (Wildman–Crippen MR) is 74.3 cm³/mol. The van der Waals surface area contributed by atoms with Crippen molar-refractivity contribution in [3.63, 3.8) is 0 Å². The Kier molecular flexibility index (Phi) is 5.63. The standard InChI is InChI=1S/C13H17NO2S/c1-2-16-13(15)11-9-10(5-3-4-8-17)6-7-12(11)14/h3,5-7,9,17H,2,4,8,14H2,1H3. The van der Waals surface area contributed by atoms with E-state index in [1.54, 1.807) is 19.1 Å². The minimum atomic E-state index is -0.380. The van der Waals surface area contributed by atoms with Crippen LogP contribution in [0, 0.1) is 0 Å². The highest BCUT2D eigenvalue weighted by molar-refractivity contribution is 7.80. The van der Waals surface area contributed by atoms with Gasteiger partial charge in [0, 0.05) is 5.69 Å². The highest BCUT2D eigenvalue weighted by Gasteiger charge is 2.10. The second-order valence-electron chi connectivity index (χ2n) is 3.48. The molecule has 0 aliphatic heterocycles. The molecular weight excluding hydrogens is 234 g/mol. The third-order valence-corrected chi connectivity index (χ3v) is 2.44. The molecule has 0 aliphatic rings. The monoisotopic (exact) mass is 251 g/mol. The smallest absolute Gasteiger partial charge is 0.340 e. The molecule has 0 heterocycles. The summed E-state index contributed by atoms with van der Waals surface area (Å²) in [5.41, 5.74) is 7.53. The maximum absolute atomic E-state index is 11.6. The average molecular weight is 251 g/mol. The zero-order valence-corrected chi connectivity index (χ0v) is 10.7. The van der Waals surface area contributed by atoms with Gasteiger partial charge in [-0.2, -0.15) is 12.6 Å². The van der Waals surface area contributed by atoms with Crippen LogP contribution in [-0.2, 0) is 4.74 Å².